The first-order chi connectivity index (χ1) is 7.83. The fraction of sp³-hybridized carbons (Fsp3) is 0.786. The minimum atomic E-state index is 0.263. The second kappa shape index (κ2) is 5.67. The lowest BCUT2D eigenvalue weighted by molar-refractivity contribution is 0.200. The average molecular weight is 237 g/mol. The van der Waals surface area contributed by atoms with Gasteiger partial charge in [-0.3, -0.25) is 4.68 Å². The van der Waals surface area contributed by atoms with Gasteiger partial charge in [0, 0.05) is 25.8 Å². The Bertz CT molecular complexity index is 341. The summed E-state index contributed by atoms with van der Waals surface area (Å²) in [6.07, 6.45) is 3.05. The Kier molecular flexibility index (Phi) is 4.75. The number of hydrogen-bond donors (Lipinski definition) is 1. The summed E-state index contributed by atoms with van der Waals surface area (Å²) in [5.41, 5.74) is 1.45. The molecule has 0 aliphatic rings. The third kappa shape index (κ3) is 4.15. The lowest BCUT2D eigenvalue weighted by atomic mass is 9.75. The predicted molar refractivity (Wildman–Crippen MR) is 73.0 cm³/mol. The molecule has 1 aromatic heterocycles. The molecule has 0 bridgehead atoms. The SMILES string of the molecule is CC(C)NCC(C)(Cc1ccn(C)n1)C(C)C. The molecule has 1 unspecified atom stereocenters. The van der Waals surface area contributed by atoms with E-state index in [9.17, 15) is 0 Å². The molecule has 0 spiro atoms. The van der Waals surface area contributed by atoms with Gasteiger partial charge in [0.2, 0.25) is 0 Å². The summed E-state index contributed by atoms with van der Waals surface area (Å²) in [6.45, 7) is 12.4. The predicted octanol–water partition coefficient (Wildman–Crippen LogP) is 2.62. The topological polar surface area (TPSA) is 29.9 Å². The number of aryl methyl sites for hydroxylation is 1. The van der Waals surface area contributed by atoms with Gasteiger partial charge in [-0.15, -0.1) is 0 Å². The van der Waals surface area contributed by atoms with Gasteiger partial charge >= 0.3 is 0 Å². The maximum Gasteiger partial charge on any atom is 0.0630 e. The standard InChI is InChI=1S/C14H27N3/c1-11(2)14(5,10-15-12(3)4)9-13-7-8-17(6)16-13/h7-8,11-12,15H,9-10H2,1-6H3. The molecule has 3 nitrogen and oxygen atoms in total. The van der Waals surface area contributed by atoms with E-state index in [1.807, 2.05) is 17.9 Å². The van der Waals surface area contributed by atoms with Crippen molar-refractivity contribution in [2.75, 3.05) is 6.54 Å². The fourth-order valence-corrected chi connectivity index (χ4v) is 1.88. The molecular weight excluding hydrogens is 210 g/mol. The van der Waals surface area contributed by atoms with Crippen molar-refractivity contribution in [3.8, 4) is 0 Å². The van der Waals surface area contributed by atoms with E-state index in [4.69, 9.17) is 0 Å². The number of nitrogens with zero attached hydrogens (tertiary/aromatic N) is 2. The largest absolute Gasteiger partial charge is 0.314 e. The van der Waals surface area contributed by atoms with Crippen LogP contribution in [0.2, 0.25) is 0 Å². The molecule has 0 aliphatic carbocycles. The Labute approximate surface area is 106 Å². The van der Waals surface area contributed by atoms with E-state index in [-0.39, 0.29) is 5.41 Å². The molecule has 3 heteroatoms. The van der Waals surface area contributed by atoms with Gasteiger partial charge in [0.25, 0.3) is 0 Å². The van der Waals surface area contributed by atoms with Crippen molar-refractivity contribution in [1.82, 2.24) is 15.1 Å². The van der Waals surface area contributed by atoms with E-state index < -0.39 is 0 Å². The van der Waals surface area contributed by atoms with Crippen LogP contribution in [0.1, 0.15) is 40.3 Å². The Morgan fingerprint density at radius 1 is 1.35 bits per heavy atom. The second-order valence-electron chi connectivity index (χ2n) is 6.00. The van der Waals surface area contributed by atoms with Crippen LogP contribution in [-0.4, -0.2) is 22.4 Å². The van der Waals surface area contributed by atoms with Crippen molar-refractivity contribution >= 4 is 0 Å². The number of rotatable bonds is 6. The van der Waals surface area contributed by atoms with Gasteiger partial charge in [-0.25, -0.2) is 0 Å². The average Bonchev–Trinajstić information content (AvgIpc) is 2.60. The summed E-state index contributed by atoms with van der Waals surface area (Å²) in [5, 5.41) is 8.05. The van der Waals surface area contributed by atoms with E-state index in [0.717, 1.165) is 13.0 Å². The van der Waals surface area contributed by atoms with Gasteiger partial charge in [-0.2, -0.15) is 5.10 Å². The smallest absolute Gasteiger partial charge is 0.0630 e. The van der Waals surface area contributed by atoms with Crippen LogP contribution in [0.4, 0.5) is 0 Å². The molecule has 0 saturated carbocycles. The zero-order valence-electron chi connectivity index (χ0n) is 12.1. The number of nitrogens with one attached hydrogen (secondary N) is 1. The van der Waals surface area contributed by atoms with Gasteiger partial charge in [-0.05, 0) is 23.8 Å². The second-order valence-corrected chi connectivity index (χ2v) is 6.00. The van der Waals surface area contributed by atoms with Crippen molar-refractivity contribution in [3.05, 3.63) is 18.0 Å². The van der Waals surface area contributed by atoms with Gasteiger partial charge < -0.3 is 5.32 Å². The lowest BCUT2D eigenvalue weighted by Gasteiger charge is -2.34. The van der Waals surface area contributed by atoms with Crippen LogP contribution >= 0.6 is 0 Å². The normalized spacial score (nSPS) is 15.5. The maximum absolute atomic E-state index is 4.49. The van der Waals surface area contributed by atoms with Gasteiger partial charge in [0.05, 0.1) is 5.69 Å². The van der Waals surface area contributed by atoms with Crippen LogP contribution in [-0.2, 0) is 13.5 Å². The van der Waals surface area contributed by atoms with Crippen LogP contribution < -0.4 is 5.32 Å². The lowest BCUT2D eigenvalue weighted by Crippen LogP contribution is -2.40. The van der Waals surface area contributed by atoms with Gasteiger partial charge in [0.15, 0.2) is 0 Å². The van der Waals surface area contributed by atoms with Crippen molar-refractivity contribution in [3.63, 3.8) is 0 Å². The monoisotopic (exact) mass is 237 g/mol. The quantitative estimate of drug-likeness (QED) is 0.824. The van der Waals surface area contributed by atoms with Crippen LogP contribution in [0, 0.1) is 11.3 Å². The molecule has 1 heterocycles. The third-order valence-electron chi connectivity index (χ3n) is 3.66. The first-order valence-electron chi connectivity index (χ1n) is 6.55. The molecular formula is C14H27N3. The highest BCUT2D eigenvalue weighted by atomic mass is 15.2. The summed E-state index contributed by atoms with van der Waals surface area (Å²) < 4.78 is 1.88. The Hall–Kier alpha value is -0.830. The van der Waals surface area contributed by atoms with Gasteiger partial charge in [-0.1, -0.05) is 34.6 Å². The van der Waals surface area contributed by atoms with Crippen LogP contribution in [0.15, 0.2) is 12.3 Å². The Morgan fingerprint density at radius 2 is 2.00 bits per heavy atom. The van der Waals surface area contributed by atoms with Crippen molar-refractivity contribution in [1.29, 1.82) is 0 Å². The molecule has 1 N–H and O–H groups in total. The fourth-order valence-electron chi connectivity index (χ4n) is 1.88. The first kappa shape index (κ1) is 14.2. The Morgan fingerprint density at radius 3 is 2.41 bits per heavy atom. The highest BCUT2D eigenvalue weighted by molar-refractivity contribution is 5.03. The van der Waals surface area contributed by atoms with Crippen molar-refractivity contribution in [2.24, 2.45) is 18.4 Å². The molecule has 0 aliphatic heterocycles. The summed E-state index contributed by atoms with van der Waals surface area (Å²) in [4.78, 5) is 0. The molecule has 98 valence electrons. The molecule has 0 radical (unpaired) electrons. The molecule has 0 aromatic carbocycles. The molecule has 0 amide bonds. The highest BCUT2D eigenvalue weighted by Gasteiger charge is 2.29. The van der Waals surface area contributed by atoms with Gasteiger partial charge in [0.1, 0.15) is 0 Å². The zero-order chi connectivity index (χ0) is 13.1. The van der Waals surface area contributed by atoms with E-state index in [0.29, 0.717) is 12.0 Å². The minimum Gasteiger partial charge on any atom is -0.314 e. The third-order valence-corrected chi connectivity index (χ3v) is 3.66. The summed E-state index contributed by atoms with van der Waals surface area (Å²) in [5.74, 6) is 0.635. The molecule has 0 saturated heterocycles. The summed E-state index contributed by atoms with van der Waals surface area (Å²) >= 11 is 0. The summed E-state index contributed by atoms with van der Waals surface area (Å²) in [6, 6.07) is 2.66. The van der Waals surface area contributed by atoms with Crippen molar-refractivity contribution in [2.45, 2.75) is 47.1 Å². The molecule has 1 rings (SSSR count). The van der Waals surface area contributed by atoms with E-state index in [2.05, 4.69) is 51.1 Å². The van der Waals surface area contributed by atoms with E-state index >= 15 is 0 Å². The van der Waals surface area contributed by atoms with Crippen LogP contribution in [0.3, 0.4) is 0 Å². The molecule has 0 fully saturated rings. The molecule has 1 aromatic rings. The maximum atomic E-state index is 4.49. The summed E-state index contributed by atoms with van der Waals surface area (Å²) in [7, 11) is 1.97. The van der Waals surface area contributed by atoms with Crippen LogP contribution in [0.25, 0.3) is 0 Å². The molecule has 1 atom stereocenters. The molecule has 17 heavy (non-hydrogen) atoms. The van der Waals surface area contributed by atoms with E-state index in [1.165, 1.54) is 5.69 Å². The number of aromatic nitrogens is 2. The Balaban J connectivity index is 2.70. The highest BCUT2D eigenvalue weighted by Crippen LogP contribution is 2.30. The number of hydrogen-bond acceptors (Lipinski definition) is 2. The van der Waals surface area contributed by atoms with Crippen LogP contribution in [0.5, 0.6) is 0 Å². The first-order valence-corrected chi connectivity index (χ1v) is 6.55. The minimum absolute atomic E-state index is 0.263. The van der Waals surface area contributed by atoms with Crippen molar-refractivity contribution < 1.29 is 0 Å². The zero-order valence-corrected chi connectivity index (χ0v) is 12.1. The van der Waals surface area contributed by atoms with E-state index in [1.54, 1.807) is 0 Å².